The zero-order chi connectivity index (χ0) is 11.2. The fourth-order valence-corrected chi connectivity index (χ4v) is 0.744. The van der Waals surface area contributed by atoms with E-state index in [1.165, 1.54) is 0 Å². The largest absolute Gasteiger partial charge is 0.473 e. The van der Waals surface area contributed by atoms with Crippen molar-refractivity contribution in [2.24, 2.45) is 0 Å². The Kier molecular flexibility index (Phi) is 10.8. The predicted octanol–water partition coefficient (Wildman–Crippen LogP) is 0.303. The molecular weight excluding hydrogens is 196 g/mol. The summed E-state index contributed by atoms with van der Waals surface area (Å²) in [7, 11) is 0. The fourth-order valence-electron chi connectivity index (χ4n) is 0.744. The van der Waals surface area contributed by atoms with Gasteiger partial charge in [0.25, 0.3) is 0 Å². The molecule has 0 saturated carbocycles. The first-order valence-corrected chi connectivity index (χ1v) is 4.71. The number of hydrogen-bond donors (Lipinski definition) is 2. The lowest BCUT2D eigenvalue weighted by Gasteiger charge is -1.93. The smallest absolute Gasteiger partial charge is 0.207 e. The minimum absolute atomic E-state index is 0.607. The van der Waals surface area contributed by atoms with E-state index in [1.807, 2.05) is 12.2 Å². The highest BCUT2D eigenvalue weighted by atomic mass is 16.5. The van der Waals surface area contributed by atoms with Gasteiger partial charge in [0.15, 0.2) is 0 Å². The van der Waals surface area contributed by atoms with E-state index in [1.54, 1.807) is 12.5 Å². The van der Waals surface area contributed by atoms with Gasteiger partial charge in [-0.25, -0.2) is 0 Å². The Bertz CT molecular complexity index is 193. The van der Waals surface area contributed by atoms with Gasteiger partial charge in [0.2, 0.25) is 12.8 Å². The van der Waals surface area contributed by atoms with Gasteiger partial charge >= 0.3 is 0 Å². The maximum atomic E-state index is 9.86. The van der Waals surface area contributed by atoms with Gasteiger partial charge in [0, 0.05) is 13.1 Å². The number of ether oxygens (including phenoxy) is 1. The monoisotopic (exact) mass is 212 g/mol. The van der Waals surface area contributed by atoms with Crippen LogP contribution in [0.25, 0.3) is 0 Å². The third-order valence-corrected chi connectivity index (χ3v) is 1.43. The quantitative estimate of drug-likeness (QED) is 0.311. The summed E-state index contributed by atoms with van der Waals surface area (Å²) in [4.78, 5) is 19.7. The molecule has 0 unspecified atom stereocenters. The molecule has 2 amide bonds. The Balaban J connectivity index is 3.20. The molecule has 0 atom stereocenters. The van der Waals surface area contributed by atoms with E-state index < -0.39 is 0 Å². The van der Waals surface area contributed by atoms with E-state index in [0.29, 0.717) is 25.9 Å². The minimum atomic E-state index is 0.607. The van der Waals surface area contributed by atoms with E-state index in [2.05, 4.69) is 10.6 Å². The lowest BCUT2D eigenvalue weighted by Crippen LogP contribution is -2.10. The van der Waals surface area contributed by atoms with Crippen LogP contribution in [0.15, 0.2) is 24.7 Å². The normalized spacial score (nSPS) is 10.4. The Hall–Kier alpha value is -1.78. The molecule has 0 aromatic carbocycles. The van der Waals surface area contributed by atoms with E-state index in [0.717, 1.165) is 12.8 Å². The van der Waals surface area contributed by atoms with Gasteiger partial charge in [0.1, 0.15) is 0 Å². The standard InChI is InChI=1S/C10H16N2O3/c13-9-11-5-1-3-7-15-8-4-2-6-12-10-14/h3-4,7-10H,1-2,5-6H2,(H,11,13)(H,12,14). The van der Waals surface area contributed by atoms with Gasteiger partial charge < -0.3 is 15.4 Å². The molecule has 0 saturated heterocycles. The Morgan fingerprint density at radius 1 is 0.867 bits per heavy atom. The summed E-state index contributed by atoms with van der Waals surface area (Å²) >= 11 is 0. The summed E-state index contributed by atoms with van der Waals surface area (Å²) in [5, 5.41) is 5.05. The highest BCUT2D eigenvalue weighted by Crippen LogP contribution is 1.86. The molecule has 2 N–H and O–H groups in total. The molecule has 0 spiro atoms. The van der Waals surface area contributed by atoms with E-state index in [-0.39, 0.29) is 0 Å². The number of amides is 2. The number of nitrogens with one attached hydrogen (secondary N) is 2. The second kappa shape index (κ2) is 12.2. The van der Waals surface area contributed by atoms with Crippen LogP contribution < -0.4 is 10.6 Å². The molecule has 0 aliphatic rings. The van der Waals surface area contributed by atoms with Crippen molar-refractivity contribution in [3.63, 3.8) is 0 Å². The molecule has 15 heavy (non-hydrogen) atoms. The molecular formula is C10H16N2O3. The first kappa shape index (κ1) is 13.2. The molecule has 0 aliphatic carbocycles. The van der Waals surface area contributed by atoms with Gasteiger partial charge in [-0.05, 0) is 25.0 Å². The topological polar surface area (TPSA) is 67.4 Å². The predicted molar refractivity (Wildman–Crippen MR) is 56.7 cm³/mol. The number of hydrogen-bond acceptors (Lipinski definition) is 3. The summed E-state index contributed by atoms with van der Waals surface area (Å²) in [6.45, 7) is 1.21. The number of carbonyl (C=O) groups excluding carboxylic acids is 2. The lowest BCUT2D eigenvalue weighted by atomic mass is 10.4. The van der Waals surface area contributed by atoms with Crippen LogP contribution in [-0.4, -0.2) is 25.9 Å². The summed E-state index contributed by atoms with van der Waals surface area (Å²) in [6.07, 6.45) is 9.52. The van der Waals surface area contributed by atoms with Crippen molar-refractivity contribution >= 4 is 12.8 Å². The van der Waals surface area contributed by atoms with Crippen LogP contribution in [0.3, 0.4) is 0 Å². The first-order valence-electron chi connectivity index (χ1n) is 4.71. The van der Waals surface area contributed by atoms with Crippen molar-refractivity contribution in [2.45, 2.75) is 12.8 Å². The molecule has 0 rings (SSSR count). The molecule has 0 bridgehead atoms. The zero-order valence-corrected chi connectivity index (χ0v) is 8.52. The molecule has 0 aliphatic heterocycles. The van der Waals surface area contributed by atoms with Gasteiger partial charge in [-0.2, -0.15) is 0 Å². The van der Waals surface area contributed by atoms with Gasteiger partial charge in [-0.3, -0.25) is 9.59 Å². The molecule has 5 heteroatoms. The molecule has 0 aromatic rings. The fraction of sp³-hybridized carbons (Fsp3) is 0.400. The van der Waals surface area contributed by atoms with E-state index in [4.69, 9.17) is 4.74 Å². The molecule has 0 heterocycles. The zero-order valence-electron chi connectivity index (χ0n) is 8.52. The average molecular weight is 212 g/mol. The van der Waals surface area contributed by atoms with Crippen LogP contribution in [0.1, 0.15) is 12.8 Å². The second-order valence-electron chi connectivity index (χ2n) is 2.60. The second-order valence-corrected chi connectivity index (χ2v) is 2.60. The van der Waals surface area contributed by atoms with E-state index >= 15 is 0 Å². The summed E-state index contributed by atoms with van der Waals surface area (Å²) in [6, 6.07) is 0. The molecule has 0 fully saturated rings. The van der Waals surface area contributed by atoms with Crippen molar-refractivity contribution in [2.75, 3.05) is 13.1 Å². The maximum absolute atomic E-state index is 9.86. The third-order valence-electron chi connectivity index (χ3n) is 1.43. The Morgan fingerprint density at radius 2 is 1.33 bits per heavy atom. The van der Waals surface area contributed by atoms with Crippen LogP contribution >= 0.6 is 0 Å². The van der Waals surface area contributed by atoms with Crippen molar-refractivity contribution in [3.8, 4) is 0 Å². The van der Waals surface area contributed by atoms with Gasteiger partial charge in [0.05, 0.1) is 12.5 Å². The average Bonchev–Trinajstić information content (AvgIpc) is 2.26. The van der Waals surface area contributed by atoms with Crippen LogP contribution in [0.4, 0.5) is 0 Å². The Morgan fingerprint density at radius 3 is 1.73 bits per heavy atom. The summed E-state index contributed by atoms with van der Waals surface area (Å²) in [5.74, 6) is 0. The highest BCUT2D eigenvalue weighted by Gasteiger charge is 1.79. The summed E-state index contributed by atoms with van der Waals surface area (Å²) in [5.41, 5.74) is 0. The Labute approximate surface area is 89.2 Å². The van der Waals surface area contributed by atoms with Crippen LogP contribution in [0.2, 0.25) is 0 Å². The van der Waals surface area contributed by atoms with Crippen LogP contribution in [0.5, 0.6) is 0 Å². The van der Waals surface area contributed by atoms with Crippen LogP contribution in [-0.2, 0) is 14.3 Å². The lowest BCUT2D eigenvalue weighted by molar-refractivity contribution is -0.110. The number of rotatable bonds is 10. The molecule has 0 radical (unpaired) electrons. The number of carbonyl (C=O) groups is 2. The first-order chi connectivity index (χ1) is 7.41. The maximum Gasteiger partial charge on any atom is 0.207 e. The van der Waals surface area contributed by atoms with Crippen LogP contribution in [0, 0.1) is 0 Å². The van der Waals surface area contributed by atoms with Crippen molar-refractivity contribution in [3.05, 3.63) is 24.7 Å². The molecule has 5 nitrogen and oxygen atoms in total. The van der Waals surface area contributed by atoms with Crippen molar-refractivity contribution < 1.29 is 14.3 Å². The van der Waals surface area contributed by atoms with E-state index in [9.17, 15) is 9.59 Å². The molecule has 84 valence electrons. The van der Waals surface area contributed by atoms with Gasteiger partial charge in [-0.1, -0.05) is 0 Å². The van der Waals surface area contributed by atoms with Gasteiger partial charge in [-0.15, -0.1) is 0 Å². The SMILES string of the molecule is O=CNCCC=COC=CCCNC=O. The summed E-state index contributed by atoms with van der Waals surface area (Å²) < 4.78 is 5.00. The molecule has 0 aromatic heterocycles. The minimum Gasteiger partial charge on any atom is -0.473 e. The third kappa shape index (κ3) is 12.2. The highest BCUT2D eigenvalue weighted by molar-refractivity contribution is 5.45. The van der Waals surface area contributed by atoms with Crippen molar-refractivity contribution in [1.82, 2.24) is 10.6 Å². The van der Waals surface area contributed by atoms with Crippen molar-refractivity contribution in [1.29, 1.82) is 0 Å².